The number of hydrogen-bond donors (Lipinski definition) is 1. The van der Waals surface area contributed by atoms with Crippen molar-refractivity contribution in [2.75, 3.05) is 35.5 Å². The maximum atomic E-state index is 11.4. The highest BCUT2D eigenvalue weighted by atomic mass is 16.5. The normalized spacial score (nSPS) is 29.7. The Morgan fingerprint density at radius 1 is 1.31 bits per heavy atom. The largest absolute Gasteiger partial charge is 0.760 e. The van der Waals surface area contributed by atoms with Crippen LogP contribution < -0.4 is 15.3 Å². The standard InChI is InChI=1S/C26H40N5O/c1-18(12-15-31-17-30(6)24-22(31)23(29-32)27-16-28-24)8-10-20-19(2)9-11-21-25(3,4)13-7-14-26(20,21)5/h12,16,20-21H,2,7-11,13-15,17H2,1,3-6H3,(H-,27,28,29,32)/q-1/b18-12+/t20-,21-,26+/m1/s1. The molecule has 0 amide bonds. The van der Waals surface area contributed by atoms with Crippen LogP contribution in [0.4, 0.5) is 17.3 Å². The Balaban J connectivity index is 1.43. The van der Waals surface area contributed by atoms with Gasteiger partial charge in [-0.05, 0) is 68.1 Å². The van der Waals surface area contributed by atoms with Crippen LogP contribution in [0.1, 0.15) is 72.6 Å². The van der Waals surface area contributed by atoms with Gasteiger partial charge in [0, 0.05) is 13.6 Å². The van der Waals surface area contributed by atoms with E-state index in [2.05, 4.69) is 60.1 Å². The first kappa shape index (κ1) is 23.1. The van der Waals surface area contributed by atoms with Crippen molar-refractivity contribution in [3.63, 3.8) is 0 Å². The van der Waals surface area contributed by atoms with E-state index >= 15 is 0 Å². The van der Waals surface area contributed by atoms with Gasteiger partial charge in [0.1, 0.15) is 17.8 Å². The summed E-state index contributed by atoms with van der Waals surface area (Å²) in [6.45, 7) is 15.8. The molecule has 4 rings (SSSR count). The second-order valence-corrected chi connectivity index (χ2v) is 11.3. The van der Waals surface area contributed by atoms with Crippen molar-refractivity contribution in [3.8, 4) is 0 Å². The summed E-state index contributed by atoms with van der Waals surface area (Å²) in [4.78, 5) is 12.7. The van der Waals surface area contributed by atoms with E-state index in [4.69, 9.17) is 0 Å². The van der Waals surface area contributed by atoms with Crippen LogP contribution in [0.3, 0.4) is 0 Å². The van der Waals surface area contributed by atoms with Gasteiger partial charge in [-0.15, -0.1) is 0 Å². The molecule has 1 N–H and O–H groups in total. The lowest BCUT2D eigenvalue weighted by molar-refractivity contribution is -0.0539. The van der Waals surface area contributed by atoms with Crippen LogP contribution in [0, 0.1) is 27.9 Å². The maximum absolute atomic E-state index is 11.4. The van der Waals surface area contributed by atoms with Crippen LogP contribution in [-0.2, 0) is 0 Å². The smallest absolute Gasteiger partial charge is 0.159 e. The van der Waals surface area contributed by atoms with Gasteiger partial charge in [-0.25, -0.2) is 9.97 Å². The molecule has 1 aromatic heterocycles. The molecule has 1 aromatic rings. The lowest BCUT2D eigenvalue weighted by Crippen LogP contribution is -2.49. The average molecular weight is 439 g/mol. The summed E-state index contributed by atoms with van der Waals surface area (Å²) in [5.74, 6) is 2.58. The SMILES string of the molecule is C=C1CC[C@@H]2C(C)(C)CCC[C@@]2(C)[C@@H]1CC/C(C)=C/CN1CN(C)c2ncnc(N[O-])c21. The zero-order valence-electron chi connectivity index (χ0n) is 20.6. The highest BCUT2D eigenvalue weighted by molar-refractivity contribution is 5.82. The molecule has 2 saturated carbocycles. The van der Waals surface area contributed by atoms with Gasteiger partial charge >= 0.3 is 0 Å². The Labute approximate surface area is 193 Å². The minimum Gasteiger partial charge on any atom is -0.760 e. The minimum absolute atomic E-state index is 0.350. The van der Waals surface area contributed by atoms with E-state index in [-0.39, 0.29) is 0 Å². The Kier molecular flexibility index (Phi) is 6.27. The van der Waals surface area contributed by atoms with Crippen LogP contribution in [0.5, 0.6) is 0 Å². The molecule has 3 aliphatic rings. The zero-order valence-corrected chi connectivity index (χ0v) is 20.6. The van der Waals surface area contributed by atoms with Crippen LogP contribution in [0.15, 0.2) is 30.1 Å². The van der Waals surface area contributed by atoms with Crippen molar-refractivity contribution in [3.05, 3.63) is 35.3 Å². The zero-order chi connectivity index (χ0) is 23.1. The molecule has 3 atom stereocenters. The predicted octanol–water partition coefficient (Wildman–Crippen LogP) is 6.13. The molecule has 0 bridgehead atoms. The lowest BCUT2D eigenvalue weighted by Gasteiger charge is -2.58. The highest BCUT2D eigenvalue weighted by Crippen LogP contribution is 2.61. The number of allylic oxidation sites excluding steroid dienone is 2. The van der Waals surface area contributed by atoms with Crippen molar-refractivity contribution >= 4 is 17.3 Å². The third-order valence-corrected chi connectivity index (χ3v) is 8.77. The summed E-state index contributed by atoms with van der Waals surface area (Å²) >= 11 is 0. The van der Waals surface area contributed by atoms with Gasteiger partial charge in [-0.3, -0.25) is 0 Å². The molecule has 0 aromatic carbocycles. The molecule has 32 heavy (non-hydrogen) atoms. The number of aromatic nitrogens is 2. The number of hydrogen-bond acceptors (Lipinski definition) is 6. The van der Waals surface area contributed by atoms with E-state index in [0.29, 0.717) is 29.2 Å². The molecule has 0 unspecified atom stereocenters. The van der Waals surface area contributed by atoms with Gasteiger partial charge in [0.05, 0.1) is 6.67 Å². The van der Waals surface area contributed by atoms with Crippen molar-refractivity contribution < 1.29 is 0 Å². The molecule has 0 radical (unpaired) electrons. The Hall–Kier alpha value is -2.08. The highest BCUT2D eigenvalue weighted by Gasteiger charge is 2.52. The second kappa shape index (κ2) is 8.69. The molecule has 2 heterocycles. The topological polar surface area (TPSA) is 67.4 Å². The minimum atomic E-state index is 0.350. The Morgan fingerprint density at radius 3 is 2.84 bits per heavy atom. The molecule has 176 valence electrons. The van der Waals surface area contributed by atoms with Crippen LogP contribution in [0.2, 0.25) is 0 Å². The van der Waals surface area contributed by atoms with Gasteiger partial charge < -0.3 is 20.5 Å². The first-order valence-corrected chi connectivity index (χ1v) is 12.2. The third-order valence-electron chi connectivity index (χ3n) is 8.77. The molecule has 0 saturated heterocycles. The third kappa shape index (κ3) is 4.02. The summed E-state index contributed by atoms with van der Waals surface area (Å²) in [6, 6.07) is 0. The fourth-order valence-electron chi connectivity index (χ4n) is 7.11. The fourth-order valence-corrected chi connectivity index (χ4v) is 7.11. The maximum Gasteiger partial charge on any atom is 0.159 e. The Bertz CT molecular complexity index is 894. The Morgan fingerprint density at radius 2 is 2.09 bits per heavy atom. The summed E-state index contributed by atoms with van der Waals surface area (Å²) in [7, 11) is 1.99. The summed E-state index contributed by atoms with van der Waals surface area (Å²) in [5.41, 5.74) is 6.50. The molecular weight excluding hydrogens is 398 g/mol. The van der Waals surface area contributed by atoms with Crippen molar-refractivity contribution in [2.24, 2.45) is 22.7 Å². The summed E-state index contributed by atoms with van der Waals surface area (Å²) in [5, 5.41) is 11.4. The molecule has 0 spiro atoms. The van der Waals surface area contributed by atoms with Gasteiger partial charge in [-0.1, -0.05) is 51.0 Å². The molecule has 2 fully saturated rings. The van der Waals surface area contributed by atoms with Crippen molar-refractivity contribution in [2.45, 2.75) is 72.6 Å². The fraction of sp³-hybridized carbons (Fsp3) is 0.692. The van der Waals surface area contributed by atoms with E-state index in [0.717, 1.165) is 30.4 Å². The average Bonchev–Trinajstić information content (AvgIpc) is 3.07. The van der Waals surface area contributed by atoms with E-state index in [1.165, 1.54) is 56.0 Å². The molecule has 1 aliphatic heterocycles. The predicted molar refractivity (Wildman–Crippen MR) is 134 cm³/mol. The lowest BCUT2D eigenvalue weighted by atomic mass is 9.47. The van der Waals surface area contributed by atoms with E-state index < -0.39 is 0 Å². The second-order valence-electron chi connectivity index (χ2n) is 11.3. The summed E-state index contributed by atoms with van der Waals surface area (Å²) in [6.07, 6.45) is 12.6. The van der Waals surface area contributed by atoms with Gasteiger partial charge in [0.25, 0.3) is 0 Å². The van der Waals surface area contributed by atoms with Crippen molar-refractivity contribution in [1.82, 2.24) is 9.97 Å². The van der Waals surface area contributed by atoms with Crippen molar-refractivity contribution in [1.29, 1.82) is 0 Å². The molecular formula is C26H40N5O-. The number of nitrogens with one attached hydrogen (secondary N) is 1. The molecule has 6 heteroatoms. The number of nitrogens with zero attached hydrogens (tertiary/aromatic N) is 4. The first-order chi connectivity index (χ1) is 15.2. The molecule has 2 aliphatic carbocycles. The van der Waals surface area contributed by atoms with E-state index in [1.54, 1.807) is 0 Å². The van der Waals surface area contributed by atoms with Crippen LogP contribution in [-0.4, -0.2) is 30.2 Å². The first-order valence-electron chi connectivity index (χ1n) is 12.2. The summed E-state index contributed by atoms with van der Waals surface area (Å²) < 4.78 is 0. The number of anilines is 3. The van der Waals surface area contributed by atoms with Gasteiger partial charge in [-0.2, -0.15) is 0 Å². The van der Waals surface area contributed by atoms with Gasteiger partial charge in [0.2, 0.25) is 0 Å². The van der Waals surface area contributed by atoms with Crippen LogP contribution in [0.25, 0.3) is 0 Å². The van der Waals surface area contributed by atoms with Gasteiger partial charge in [0.15, 0.2) is 5.82 Å². The number of fused-ring (bicyclic) bond motifs is 2. The van der Waals surface area contributed by atoms with E-state index in [9.17, 15) is 5.21 Å². The quantitative estimate of drug-likeness (QED) is 0.426. The monoisotopic (exact) mass is 438 g/mol. The van der Waals surface area contributed by atoms with E-state index in [1.807, 2.05) is 12.5 Å². The number of rotatable bonds is 6. The van der Waals surface area contributed by atoms with Crippen LogP contribution >= 0.6 is 0 Å². The molecule has 6 nitrogen and oxygen atoms in total.